The van der Waals surface area contributed by atoms with E-state index in [-0.39, 0.29) is 45.4 Å². The zero-order valence-electron chi connectivity index (χ0n) is 15.1. The number of hydrogen-bond acceptors (Lipinski definition) is 4. The fraction of sp³-hybridized carbons (Fsp3) is 0.882. The van der Waals surface area contributed by atoms with Crippen LogP contribution in [-0.4, -0.2) is 37.1 Å². The molecule has 0 aromatic rings. The molecule has 0 fully saturated rings. The minimum atomic E-state index is -0.389. The quantitative estimate of drug-likeness (QED) is 0.707. The molecule has 0 N–H and O–H groups in total. The molecule has 2 heterocycles. The Morgan fingerprint density at radius 3 is 1.27 bits per heavy atom. The van der Waals surface area contributed by atoms with Crippen molar-refractivity contribution in [2.75, 3.05) is 13.2 Å². The summed E-state index contributed by atoms with van der Waals surface area (Å²) in [4.78, 5) is 9.59. The van der Waals surface area contributed by atoms with Gasteiger partial charge in [-0.05, 0) is 24.7 Å². The van der Waals surface area contributed by atoms with Crippen LogP contribution in [-0.2, 0) is 26.5 Å². The first kappa shape index (κ1) is 19.5. The minimum absolute atomic E-state index is 0. The van der Waals surface area contributed by atoms with E-state index in [2.05, 4.69) is 55.4 Å². The van der Waals surface area contributed by atoms with Gasteiger partial charge in [0.2, 0.25) is 0 Å². The smallest absolute Gasteiger partial charge is 0.478 e. The third-order valence-electron chi connectivity index (χ3n) is 4.37. The van der Waals surface area contributed by atoms with Crippen molar-refractivity contribution in [2.45, 2.75) is 67.5 Å². The SMILES string of the molecule is CC(C)(C1=N[C@H](C(C)(C)C)CO1)C1=N[C@H](C(C)(C)C)CO1.[Cu+2]. The second kappa shape index (κ2) is 6.16. The molecule has 1 radical (unpaired) electrons. The molecule has 0 saturated heterocycles. The molecule has 2 rings (SSSR count). The number of rotatable bonds is 2. The molecule has 22 heavy (non-hydrogen) atoms. The number of nitrogens with zero attached hydrogens (tertiary/aromatic N) is 2. The molecular formula is C17H30CuN2O2+2. The summed E-state index contributed by atoms with van der Waals surface area (Å²) in [7, 11) is 0. The topological polar surface area (TPSA) is 43.2 Å². The predicted molar refractivity (Wildman–Crippen MR) is 87.0 cm³/mol. The van der Waals surface area contributed by atoms with Crippen molar-refractivity contribution in [1.82, 2.24) is 0 Å². The van der Waals surface area contributed by atoms with E-state index in [4.69, 9.17) is 19.5 Å². The maximum Gasteiger partial charge on any atom is 2.00 e. The summed E-state index contributed by atoms with van der Waals surface area (Å²) in [5.74, 6) is 1.52. The maximum absolute atomic E-state index is 5.88. The molecule has 2 atom stereocenters. The summed E-state index contributed by atoms with van der Waals surface area (Å²) >= 11 is 0. The van der Waals surface area contributed by atoms with Gasteiger partial charge in [0.15, 0.2) is 11.8 Å². The Hall–Kier alpha value is -0.541. The van der Waals surface area contributed by atoms with E-state index in [1.165, 1.54) is 0 Å². The minimum Gasteiger partial charge on any atom is -0.478 e. The van der Waals surface area contributed by atoms with Gasteiger partial charge in [0.1, 0.15) is 18.6 Å². The van der Waals surface area contributed by atoms with E-state index in [1.54, 1.807) is 0 Å². The van der Waals surface area contributed by atoms with Gasteiger partial charge in [-0.2, -0.15) is 0 Å². The maximum atomic E-state index is 5.88. The van der Waals surface area contributed by atoms with Gasteiger partial charge < -0.3 is 9.47 Å². The van der Waals surface area contributed by atoms with E-state index in [1.807, 2.05) is 0 Å². The van der Waals surface area contributed by atoms with E-state index in [0.717, 1.165) is 11.8 Å². The molecule has 0 saturated carbocycles. The molecular weight excluding hydrogens is 328 g/mol. The van der Waals surface area contributed by atoms with E-state index in [0.29, 0.717) is 13.2 Å². The zero-order chi connectivity index (χ0) is 16.1. The molecule has 0 aromatic carbocycles. The summed E-state index contributed by atoms with van der Waals surface area (Å²) in [6.07, 6.45) is 0. The Bertz CT molecular complexity index is 428. The van der Waals surface area contributed by atoms with Crippen molar-refractivity contribution in [1.29, 1.82) is 0 Å². The summed E-state index contributed by atoms with van der Waals surface area (Å²) in [5, 5.41) is 0. The number of hydrogen-bond donors (Lipinski definition) is 0. The van der Waals surface area contributed by atoms with Crippen LogP contribution in [0.25, 0.3) is 0 Å². The van der Waals surface area contributed by atoms with Crippen LogP contribution < -0.4 is 0 Å². The molecule has 2 aliphatic rings. The molecule has 129 valence electrons. The van der Waals surface area contributed by atoms with Gasteiger partial charge in [-0.15, -0.1) is 0 Å². The Labute approximate surface area is 145 Å². The van der Waals surface area contributed by atoms with Crippen LogP contribution >= 0.6 is 0 Å². The third kappa shape index (κ3) is 3.86. The molecule has 0 aliphatic carbocycles. The molecule has 4 nitrogen and oxygen atoms in total. The van der Waals surface area contributed by atoms with Crippen molar-refractivity contribution < 1.29 is 26.5 Å². The molecule has 0 aromatic heterocycles. The summed E-state index contributed by atoms with van der Waals surface area (Å²) in [5.41, 5.74) is -0.158. The molecule has 0 amide bonds. The first-order chi connectivity index (χ1) is 9.42. The normalized spacial score (nSPS) is 25.8. The second-order valence-corrected chi connectivity index (χ2v) is 8.88. The standard InChI is InChI=1S/C17H30N2O2.Cu/c1-15(2,3)11-9-20-13(18-11)17(7,8)14-19-12(10-21-14)16(4,5)6;/h11-12H,9-10H2,1-8H3;/q;+2/t11-,12-;/m0./s1. The van der Waals surface area contributed by atoms with Crippen LogP contribution in [0.15, 0.2) is 9.98 Å². The largest absolute Gasteiger partial charge is 2.00 e. The van der Waals surface area contributed by atoms with Crippen molar-refractivity contribution in [2.24, 2.45) is 26.2 Å². The van der Waals surface area contributed by atoms with Gasteiger partial charge in [0.05, 0.1) is 12.1 Å². The molecule has 5 heteroatoms. The van der Waals surface area contributed by atoms with Crippen LogP contribution in [0.3, 0.4) is 0 Å². The Balaban J connectivity index is 0.00000242. The first-order valence-corrected chi connectivity index (χ1v) is 7.84. The predicted octanol–water partition coefficient (Wildman–Crippen LogP) is 3.70. The fourth-order valence-electron chi connectivity index (χ4n) is 2.41. The monoisotopic (exact) mass is 357 g/mol. The molecule has 0 spiro atoms. The van der Waals surface area contributed by atoms with Gasteiger partial charge in [-0.25, -0.2) is 9.98 Å². The Morgan fingerprint density at radius 1 is 0.727 bits per heavy atom. The third-order valence-corrected chi connectivity index (χ3v) is 4.37. The van der Waals surface area contributed by atoms with Gasteiger partial charge in [0, 0.05) is 0 Å². The van der Waals surface area contributed by atoms with Crippen LogP contribution in [0.4, 0.5) is 0 Å². The van der Waals surface area contributed by atoms with Gasteiger partial charge in [-0.3, -0.25) is 0 Å². The fourth-order valence-corrected chi connectivity index (χ4v) is 2.41. The Morgan fingerprint density at radius 2 is 1.05 bits per heavy atom. The number of aliphatic imine (C=N–C) groups is 2. The molecule has 2 aliphatic heterocycles. The average Bonchev–Trinajstić information content (AvgIpc) is 2.97. The summed E-state index contributed by atoms with van der Waals surface area (Å²) in [6, 6.07) is 0.402. The van der Waals surface area contributed by atoms with E-state index in [9.17, 15) is 0 Å². The second-order valence-electron chi connectivity index (χ2n) is 8.88. The van der Waals surface area contributed by atoms with Gasteiger partial charge >= 0.3 is 17.1 Å². The van der Waals surface area contributed by atoms with Crippen LogP contribution in [0, 0.1) is 16.2 Å². The van der Waals surface area contributed by atoms with Crippen molar-refractivity contribution in [3.63, 3.8) is 0 Å². The molecule has 0 unspecified atom stereocenters. The summed E-state index contributed by atoms with van der Waals surface area (Å²) in [6.45, 7) is 18.6. The van der Waals surface area contributed by atoms with E-state index >= 15 is 0 Å². The first-order valence-electron chi connectivity index (χ1n) is 7.84. The Kier molecular flexibility index (Phi) is 5.46. The zero-order valence-corrected chi connectivity index (χ0v) is 16.0. The average molecular weight is 358 g/mol. The van der Waals surface area contributed by atoms with Crippen LogP contribution in [0.2, 0.25) is 0 Å². The van der Waals surface area contributed by atoms with Crippen LogP contribution in [0.1, 0.15) is 55.4 Å². The van der Waals surface area contributed by atoms with Gasteiger partial charge in [-0.1, -0.05) is 41.5 Å². The molecule has 0 bridgehead atoms. The van der Waals surface area contributed by atoms with Crippen molar-refractivity contribution in [3.8, 4) is 0 Å². The van der Waals surface area contributed by atoms with Gasteiger partial charge in [0.25, 0.3) is 0 Å². The van der Waals surface area contributed by atoms with E-state index < -0.39 is 0 Å². The summed E-state index contributed by atoms with van der Waals surface area (Å²) < 4.78 is 11.8. The van der Waals surface area contributed by atoms with Crippen LogP contribution in [0.5, 0.6) is 0 Å². The van der Waals surface area contributed by atoms with Crippen molar-refractivity contribution in [3.05, 3.63) is 0 Å². The number of ether oxygens (including phenoxy) is 2. The van der Waals surface area contributed by atoms with Crippen molar-refractivity contribution >= 4 is 11.8 Å².